The third kappa shape index (κ3) is 7.61. The zero-order valence-electron chi connectivity index (χ0n) is 18.5. The molecule has 0 spiro atoms. The first-order chi connectivity index (χ1) is 13.5. The molecule has 0 aromatic carbocycles. The third-order valence-corrected chi connectivity index (χ3v) is 4.91. The van der Waals surface area contributed by atoms with E-state index in [0.717, 1.165) is 43.3 Å². The normalized spacial score (nSPS) is 12.9. The van der Waals surface area contributed by atoms with E-state index in [1.54, 1.807) is 0 Å². The van der Waals surface area contributed by atoms with Gasteiger partial charge in [0.15, 0.2) is 11.7 Å². The van der Waals surface area contributed by atoms with E-state index in [9.17, 15) is 0 Å². The van der Waals surface area contributed by atoms with Gasteiger partial charge in [0.05, 0.1) is 17.9 Å². The van der Waals surface area contributed by atoms with Gasteiger partial charge in [0.1, 0.15) is 6.54 Å². The molecular weight excluding hydrogens is 481 g/mol. The van der Waals surface area contributed by atoms with Gasteiger partial charge in [-0.1, -0.05) is 19.0 Å². The van der Waals surface area contributed by atoms with Crippen LogP contribution in [0.2, 0.25) is 0 Å². The van der Waals surface area contributed by atoms with Gasteiger partial charge in [0.25, 0.3) is 0 Å². The van der Waals surface area contributed by atoms with Crippen molar-refractivity contribution >= 4 is 29.9 Å². The van der Waals surface area contributed by atoms with E-state index in [-0.39, 0.29) is 30.0 Å². The molecule has 0 aliphatic carbocycles. The van der Waals surface area contributed by atoms with Crippen LogP contribution in [-0.4, -0.2) is 53.0 Å². The summed E-state index contributed by atoms with van der Waals surface area (Å²) < 4.78 is 7.31. The van der Waals surface area contributed by atoms with Crippen molar-refractivity contribution in [2.24, 2.45) is 12.0 Å². The second-order valence-corrected chi connectivity index (χ2v) is 7.23. The van der Waals surface area contributed by atoms with Crippen molar-refractivity contribution in [3.63, 3.8) is 0 Å². The average molecular weight is 517 g/mol. The fraction of sp³-hybridized carbons (Fsp3) is 0.650. The maximum absolute atomic E-state index is 5.48. The van der Waals surface area contributed by atoms with Gasteiger partial charge in [-0.15, -0.1) is 24.0 Å². The van der Waals surface area contributed by atoms with Crippen LogP contribution in [0.25, 0.3) is 0 Å². The average Bonchev–Trinajstić information content (AvgIpc) is 3.30. The van der Waals surface area contributed by atoms with Crippen molar-refractivity contribution in [3.05, 3.63) is 35.5 Å². The van der Waals surface area contributed by atoms with Crippen molar-refractivity contribution in [2.75, 3.05) is 27.2 Å². The van der Waals surface area contributed by atoms with E-state index < -0.39 is 0 Å². The van der Waals surface area contributed by atoms with E-state index >= 15 is 0 Å². The van der Waals surface area contributed by atoms with Crippen molar-refractivity contribution in [2.45, 2.75) is 52.1 Å². The summed E-state index contributed by atoms with van der Waals surface area (Å²) in [4.78, 5) is 6.83. The van der Waals surface area contributed by atoms with Crippen molar-refractivity contribution in [3.8, 4) is 0 Å². The topological polar surface area (TPSA) is 83.5 Å². The Morgan fingerprint density at radius 2 is 1.97 bits per heavy atom. The molecule has 0 saturated heterocycles. The molecule has 8 nitrogen and oxygen atoms in total. The van der Waals surface area contributed by atoms with Gasteiger partial charge in [-0.05, 0) is 33.9 Å². The molecular formula is C20H36IN7O. The lowest BCUT2D eigenvalue weighted by molar-refractivity contribution is 0.298. The zero-order valence-corrected chi connectivity index (χ0v) is 20.8. The molecule has 1 unspecified atom stereocenters. The highest BCUT2D eigenvalue weighted by molar-refractivity contribution is 14.0. The maximum Gasteiger partial charge on any atom is 0.191 e. The van der Waals surface area contributed by atoms with Gasteiger partial charge >= 0.3 is 0 Å². The van der Waals surface area contributed by atoms with Gasteiger partial charge in [0, 0.05) is 43.9 Å². The van der Waals surface area contributed by atoms with Crippen LogP contribution in [0.5, 0.6) is 0 Å². The molecule has 29 heavy (non-hydrogen) atoms. The largest absolute Gasteiger partial charge is 0.359 e. The van der Waals surface area contributed by atoms with Gasteiger partial charge in [-0.2, -0.15) is 5.10 Å². The lowest BCUT2D eigenvalue weighted by Gasteiger charge is -2.24. The molecule has 164 valence electrons. The first kappa shape index (κ1) is 25.4. The predicted octanol–water partition coefficient (Wildman–Crippen LogP) is 3.29. The Labute approximate surface area is 191 Å². The highest BCUT2D eigenvalue weighted by atomic mass is 127. The molecule has 0 fully saturated rings. The minimum absolute atomic E-state index is 0. The van der Waals surface area contributed by atoms with Crippen LogP contribution in [0.1, 0.15) is 62.6 Å². The van der Waals surface area contributed by atoms with Crippen LogP contribution in [0, 0.1) is 0 Å². The highest BCUT2D eigenvalue weighted by Crippen LogP contribution is 2.22. The van der Waals surface area contributed by atoms with Crippen LogP contribution in [0.3, 0.4) is 0 Å². The summed E-state index contributed by atoms with van der Waals surface area (Å²) >= 11 is 0. The predicted molar refractivity (Wildman–Crippen MR) is 128 cm³/mol. The number of aliphatic imine (C=N–C) groups is 1. The lowest BCUT2D eigenvalue weighted by Crippen LogP contribution is -2.41. The summed E-state index contributed by atoms with van der Waals surface area (Å²) in [7, 11) is 6.07. The third-order valence-electron chi connectivity index (χ3n) is 4.91. The Bertz CT molecular complexity index is 737. The molecule has 2 N–H and O–H groups in total. The van der Waals surface area contributed by atoms with Crippen LogP contribution in [-0.2, 0) is 13.6 Å². The number of aryl methyl sites for hydroxylation is 1. The number of rotatable bonds is 10. The number of likely N-dealkylation sites (N-methyl/N-ethyl adjacent to an activating group) is 1. The SMILES string of the molecule is CCNC(=NCc1cc(C(CC)CC)no1)NCC(c1cnn(C)c1)N(C)C.I. The van der Waals surface area contributed by atoms with Crippen LogP contribution < -0.4 is 10.6 Å². The summed E-state index contributed by atoms with van der Waals surface area (Å²) in [5.41, 5.74) is 2.19. The van der Waals surface area contributed by atoms with Gasteiger partial charge < -0.3 is 20.1 Å². The first-order valence-electron chi connectivity index (χ1n) is 10.1. The number of halogens is 1. The quantitative estimate of drug-likeness (QED) is 0.286. The zero-order chi connectivity index (χ0) is 20.5. The number of guanidine groups is 1. The van der Waals surface area contributed by atoms with E-state index in [0.29, 0.717) is 12.5 Å². The van der Waals surface area contributed by atoms with Crippen LogP contribution in [0.15, 0.2) is 28.0 Å². The molecule has 2 aromatic rings. The number of nitrogens with one attached hydrogen (secondary N) is 2. The number of hydrogen-bond donors (Lipinski definition) is 2. The van der Waals surface area contributed by atoms with E-state index in [1.807, 2.05) is 30.2 Å². The van der Waals surface area contributed by atoms with Gasteiger partial charge in [-0.3, -0.25) is 4.68 Å². The monoisotopic (exact) mass is 517 g/mol. The Morgan fingerprint density at radius 3 is 2.52 bits per heavy atom. The van der Waals surface area contributed by atoms with Crippen molar-refractivity contribution in [1.29, 1.82) is 0 Å². The summed E-state index contributed by atoms with van der Waals surface area (Å²) in [5.74, 6) is 2.00. The number of aromatic nitrogens is 3. The minimum atomic E-state index is 0. The Kier molecular flexibility index (Phi) is 11.3. The molecule has 2 heterocycles. The van der Waals surface area contributed by atoms with Crippen LogP contribution >= 0.6 is 24.0 Å². The van der Waals surface area contributed by atoms with E-state index in [2.05, 4.69) is 65.6 Å². The number of nitrogens with zero attached hydrogens (tertiary/aromatic N) is 5. The highest BCUT2D eigenvalue weighted by Gasteiger charge is 2.17. The Hall–Kier alpha value is -1.62. The molecule has 1 atom stereocenters. The van der Waals surface area contributed by atoms with E-state index in [1.165, 1.54) is 5.56 Å². The first-order valence-corrected chi connectivity index (χ1v) is 10.1. The second kappa shape index (κ2) is 12.8. The minimum Gasteiger partial charge on any atom is -0.359 e. The van der Waals surface area contributed by atoms with Crippen molar-refractivity contribution < 1.29 is 4.52 Å². The fourth-order valence-electron chi connectivity index (χ4n) is 3.21. The summed E-state index contributed by atoms with van der Waals surface area (Å²) in [6, 6.07) is 2.23. The summed E-state index contributed by atoms with van der Waals surface area (Å²) in [6.07, 6.45) is 6.08. The lowest BCUT2D eigenvalue weighted by atomic mass is 9.99. The number of hydrogen-bond acceptors (Lipinski definition) is 5. The van der Waals surface area contributed by atoms with E-state index in [4.69, 9.17) is 4.52 Å². The second-order valence-electron chi connectivity index (χ2n) is 7.23. The smallest absolute Gasteiger partial charge is 0.191 e. The summed E-state index contributed by atoms with van der Waals surface area (Å²) in [6.45, 7) is 8.39. The molecule has 0 aliphatic heterocycles. The molecule has 0 aliphatic rings. The molecule has 2 aromatic heterocycles. The molecule has 0 saturated carbocycles. The standard InChI is InChI=1S/C20H35N7O.HI/c1-7-15(8-2)18-10-17(28-25-18)12-22-20(21-9-3)23-13-19(26(4)5)16-11-24-27(6)14-16;/h10-11,14-15,19H,7-9,12-13H2,1-6H3,(H2,21,22,23);1H. The fourth-order valence-corrected chi connectivity index (χ4v) is 3.21. The molecule has 0 amide bonds. The van der Waals surface area contributed by atoms with Gasteiger partial charge in [-0.25, -0.2) is 4.99 Å². The molecule has 2 rings (SSSR count). The molecule has 0 bridgehead atoms. The Morgan fingerprint density at radius 1 is 1.24 bits per heavy atom. The Balaban J connectivity index is 0.00000420. The maximum atomic E-state index is 5.48. The molecule has 9 heteroatoms. The van der Waals surface area contributed by atoms with Crippen LogP contribution in [0.4, 0.5) is 0 Å². The van der Waals surface area contributed by atoms with Crippen molar-refractivity contribution in [1.82, 2.24) is 30.5 Å². The summed E-state index contributed by atoms with van der Waals surface area (Å²) in [5, 5.41) is 15.2. The molecule has 0 radical (unpaired) electrons. The van der Waals surface area contributed by atoms with Gasteiger partial charge in [0.2, 0.25) is 0 Å².